The molecule has 2 N–H and O–H groups in total. The molecule has 0 spiro atoms. The fraction of sp³-hybridized carbons (Fsp3) is 0. The van der Waals surface area contributed by atoms with Gasteiger partial charge >= 0.3 is 5.69 Å². The molecule has 22 heavy (non-hydrogen) atoms. The van der Waals surface area contributed by atoms with E-state index in [1.165, 1.54) is 10.9 Å². The van der Waals surface area contributed by atoms with E-state index in [0.717, 1.165) is 5.69 Å². The smallest absolute Gasteiger partial charge is 0.298 e. The van der Waals surface area contributed by atoms with Crippen LogP contribution in [0.5, 0.6) is 0 Å². The van der Waals surface area contributed by atoms with Gasteiger partial charge in [-0.05, 0) is 30.3 Å². The highest BCUT2D eigenvalue weighted by Crippen LogP contribution is 2.13. The summed E-state index contributed by atoms with van der Waals surface area (Å²) < 4.78 is 1.32. The number of hydrogen-bond donors (Lipinski definition) is 2. The number of halogens is 1. The lowest BCUT2D eigenvalue weighted by molar-refractivity contribution is 0.862. The zero-order valence-corrected chi connectivity index (χ0v) is 12.2. The lowest BCUT2D eigenvalue weighted by Crippen LogP contribution is -2.24. The molecular formula is C15H12ClN5O. The quantitative estimate of drug-likeness (QED) is 0.725. The van der Waals surface area contributed by atoms with Gasteiger partial charge in [0.05, 0.1) is 11.4 Å². The van der Waals surface area contributed by atoms with Crippen molar-refractivity contribution in [2.45, 2.75) is 0 Å². The van der Waals surface area contributed by atoms with E-state index in [0.29, 0.717) is 10.7 Å². The zero-order chi connectivity index (χ0) is 15.4. The van der Waals surface area contributed by atoms with Crippen molar-refractivity contribution >= 4 is 23.2 Å². The van der Waals surface area contributed by atoms with Gasteiger partial charge in [0.1, 0.15) is 6.33 Å². The van der Waals surface area contributed by atoms with Crippen LogP contribution in [0.4, 0.5) is 11.6 Å². The third kappa shape index (κ3) is 3.24. The van der Waals surface area contributed by atoms with Gasteiger partial charge in [0.15, 0.2) is 0 Å². The Morgan fingerprint density at radius 2 is 1.82 bits per heavy atom. The number of hydrazine groups is 1. The minimum absolute atomic E-state index is 0.187. The highest BCUT2D eigenvalue weighted by molar-refractivity contribution is 6.30. The molecule has 6 nitrogen and oxygen atoms in total. The zero-order valence-electron chi connectivity index (χ0n) is 11.4. The van der Waals surface area contributed by atoms with E-state index in [9.17, 15) is 4.79 Å². The van der Waals surface area contributed by atoms with Crippen molar-refractivity contribution in [2.75, 3.05) is 10.9 Å². The Morgan fingerprint density at radius 3 is 2.55 bits per heavy atom. The number of anilines is 2. The van der Waals surface area contributed by atoms with Gasteiger partial charge in [0.2, 0.25) is 5.95 Å². The molecule has 1 heterocycles. The highest BCUT2D eigenvalue weighted by atomic mass is 35.5. The minimum atomic E-state index is -0.449. The maximum Gasteiger partial charge on any atom is 0.356 e. The number of benzene rings is 2. The number of para-hydroxylation sites is 1. The van der Waals surface area contributed by atoms with E-state index < -0.39 is 5.69 Å². The fourth-order valence-corrected chi connectivity index (χ4v) is 2.03. The molecule has 0 unspecified atom stereocenters. The van der Waals surface area contributed by atoms with Crippen LogP contribution in [0, 0.1) is 0 Å². The first-order valence-electron chi connectivity index (χ1n) is 6.51. The molecule has 0 fully saturated rings. The number of rotatable bonds is 4. The van der Waals surface area contributed by atoms with Crippen LogP contribution in [-0.4, -0.2) is 14.5 Å². The van der Waals surface area contributed by atoms with Crippen molar-refractivity contribution in [1.82, 2.24) is 14.5 Å². The topological polar surface area (TPSA) is 71.8 Å². The molecule has 0 saturated heterocycles. The Morgan fingerprint density at radius 1 is 1.00 bits per heavy atom. The molecule has 3 rings (SSSR count). The van der Waals surface area contributed by atoms with E-state index in [4.69, 9.17) is 11.6 Å². The Bertz CT molecular complexity index is 835. The first-order chi connectivity index (χ1) is 10.7. The van der Waals surface area contributed by atoms with Crippen molar-refractivity contribution in [1.29, 1.82) is 0 Å². The van der Waals surface area contributed by atoms with Crippen molar-refractivity contribution in [3.63, 3.8) is 0 Å². The fourth-order valence-electron chi connectivity index (χ4n) is 1.85. The molecule has 0 radical (unpaired) electrons. The first-order valence-corrected chi connectivity index (χ1v) is 6.89. The molecule has 7 heteroatoms. The molecule has 0 aliphatic heterocycles. The molecule has 0 atom stereocenters. The summed E-state index contributed by atoms with van der Waals surface area (Å²) in [6, 6.07) is 16.4. The van der Waals surface area contributed by atoms with Gasteiger partial charge < -0.3 is 0 Å². The minimum Gasteiger partial charge on any atom is -0.298 e. The second-order valence-electron chi connectivity index (χ2n) is 4.43. The van der Waals surface area contributed by atoms with Gasteiger partial charge in [0, 0.05) is 5.02 Å². The molecule has 2 aromatic carbocycles. The summed E-state index contributed by atoms with van der Waals surface area (Å²) in [5.74, 6) is 0.187. The molecule has 110 valence electrons. The summed E-state index contributed by atoms with van der Waals surface area (Å²) in [6.07, 6.45) is 1.40. The van der Waals surface area contributed by atoms with E-state index >= 15 is 0 Å². The van der Waals surface area contributed by atoms with Crippen LogP contribution in [0.2, 0.25) is 5.02 Å². The maximum absolute atomic E-state index is 12.1. The van der Waals surface area contributed by atoms with Crippen molar-refractivity contribution < 1.29 is 0 Å². The SMILES string of the molecule is O=c1nc(NNc2ccccc2)ncn1-c1cccc(Cl)c1. The van der Waals surface area contributed by atoms with Gasteiger partial charge in [-0.15, -0.1) is 0 Å². The lowest BCUT2D eigenvalue weighted by Gasteiger charge is -2.09. The van der Waals surface area contributed by atoms with Gasteiger partial charge in [-0.3, -0.25) is 15.4 Å². The molecule has 0 aliphatic carbocycles. The van der Waals surface area contributed by atoms with Gasteiger partial charge in [0.25, 0.3) is 0 Å². The lowest BCUT2D eigenvalue weighted by atomic mass is 10.3. The average Bonchev–Trinajstić information content (AvgIpc) is 2.54. The third-order valence-electron chi connectivity index (χ3n) is 2.88. The summed E-state index contributed by atoms with van der Waals surface area (Å²) in [6.45, 7) is 0. The van der Waals surface area contributed by atoms with Crippen molar-refractivity contribution in [2.24, 2.45) is 0 Å². The highest BCUT2D eigenvalue weighted by Gasteiger charge is 2.04. The van der Waals surface area contributed by atoms with E-state index in [2.05, 4.69) is 20.8 Å². The Hall–Kier alpha value is -2.86. The second kappa shape index (κ2) is 6.28. The molecule has 0 aliphatic rings. The molecule has 0 amide bonds. The average molecular weight is 314 g/mol. The first kappa shape index (κ1) is 14.1. The Kier molecular flexibility index (Phi) is 4.02. The van der Waals surface area contributed by atoms with Gasteiger partial charge in [-0.2, -0.15) is 4.98 Å². The van der Waals surface area contributed by atoms with Crippen LogP contribution in [-0.2, 0) is 0 Å². The summed E-state index contributed by atoms with van der Waals surface area (Å²) in [5, 5.41) is 0.539. The van der Waals surface area contributed by atoms with Crippen molar-refractivity contribution in [3.8, 4) is 5.69 Å². The van der Waals surface area contributed by atoms with Crippen LogP contribution in [0.3, 0.4) is 0 Å². The predicted octanol–water partition coefficient (Wildman–Crippen LogP) is 2.72. The number of hydrogen-bond acceptors (Lipinski definition) is 5. The summed E-state index contributed by atoms with van der Waals surface area (Å²) in [5.41, 5.74) is 6.69. The Balaban J connectivity index is 1.79. The molecular weight excluding hydrogens is 302 g/mol. The van der Waals surface area contributed by atoms with Crippen LogP contribution >= 0.6 is 11.6 Å². The van der Waals surface area contributed by atoms with E-state index in [1.54, 1.807) is 24.3 Å². The summed E-state index contributed by atoms with van der Waals surface area (Å²) in [7, 11) is 0. The summed E-state index contributed by atoms with van der Waals surface area (Å²) in [4.78, 5) is 20.0. The number of nitrogens with zero attached hydrogens (tertiary/aromatic N) is 3. The second-order valence-corrected chi connectivity index (χ2v) is 4.86. The molecule has 3 aromatic rings. The summed E-state index contributed by atoms with van der Waals surface area (Å²) >= 11 is 5.92. The van der Waals surface area contributed by atoms with Gasteiger partial charge in [-0.25, -0.2) is 9.78 Å². The third-order valence-corrected chi connectivity index (χ3v) is 3.12. The molecule has 0 bridgehead atoms. The predicted molar refractivity (Wildman–Crippen MR) is 86.3 cm³/mol. The number of nitrogens with one attached hydrogen (secondary N) is 2. The largest absolute Gasteiger partial charge is 0.356 e. The van der Waals surface area contributed by atoms with Crippen molar-refractivity contribution in [3.05, 3.63) is 76.4 Å². The standard InChI is InChI=1S/C15H12ClN5O/c16-11-5-4-8-13(9-11)21-10-17-14(18-15(21)22)20-19-12-6-2-1-3-7-12/h1-10,19H,(H,18,20,22). The molecule has 0 saturated carbocycles. The Labute approximate surface area is 131 Å². The number of aromatic nitrogens is 3. The van der Waals surface area contributed by atoms with Crippen LogP contribution < -0.4 is 16.5 Å². The monoisotopic (exact) mass is 313 g/mol. The molecule has 1 aromatic heterocycles. The normalized spacial score (nSPS) is 10.2. The maximum atomic E-state index is 12.1. The van der Waals surface area contributed by atoms with Gasteiger partial charge in [-0.1, -0.05) is 35.9 Å². The van der Waals surface area contributed by atoms with Crippen LogP contribution in [0.1, 0.15) is 0 Å². The van der Waals surface area contributed by atoms with E-state index in [1.807, 2.05) is 30.3 Å². The van der Waals surface area contributed by atoms with Crippen LogP contribution in [0.25, 0.3) is 5.69 Å². The van der Waals surface area contributed by atoms with Crippen LogP contribution in [0.15, 0.2) is 65.7 Å². The van der Waals surface area contributed by atoms with E-state index in [-0.39, 0.29) is 5.95 Å².